The molecule has 1 aliphatic rings. The van der Waals surface area contributed by atoms with Gasteiger partial charge in [0.15, 0.2) is 0 Å². The summed E-state index contributed by atoms with van der Waals surface area (Å²) in [6, 6.07) is 1.83. The van der Waals surface area contributed by atoms with Gasteiger partial charge in [0.25, 0.3) is 5.91 Å². The predicted octanol–water partition coefficient (Wildman–Crippen LogP) is 2.21. The Bertz CT molecular complexity index is 669. The highest BCUT2D eigenvalue weighted by molar-refractivity contribution is 9.11. The number of aromatic amines is 1. The Hall–Kier alpha value is -1.41. The molecule has 0 bridgehead atoms. The number of rotatable bonds is 2. The largest absolute Gasteiger partial charge is 0.434 e. The van der Waals surface area contributed by atoms with E-state index in [1.807, 2.05) is 16.3 Å². The first-order valence-corrected chi connectivity index (χ1v) is 7.90. The second-order valence-corrected chi connectivity index (χ2v) is 6.86. The molecular formula is C12H12BrN3O3S. The van der Waals surface area contributed by atoms with Crippen LogP contribution in [-0.4, -0.2) is 34.1 Å². The van der Waals surface area contributed by atoms with Crippen molar-refractivity contribution in [1.29, 1.82) is 0 Å². The fourth-order valence-corrected chi connectivity index (χ4v) is 3.59. The van der Waals surface area contributed by atoms with Crippen molar-refractivity contribution < 1.29 is 9.21 Å². The third-order valence-electron chi connectivity index (χ3n) is 3.43. The second kappa shape index (κ2) is 5.53. The molecule has 106 valence electrons. The highest BCUT2D eigenvalue weighted by atomic mass is 79.9. The van der Waals surface area contributed by atoms with Crippen LogP contribution in [-0.2, 0) is 0 Å². The minimum Gasteiger partial charge on any atom is -0.392 e. The van der Waals surface area contributed by atoms with Crippen molar-refractivity contribution in [3.05, 3.63) is 37.2 Å². The number of H-pyrrole nitrogens is 1. The summed E-state index contributed by atoms with van der Waals surface area (Å²) < 4.78 is 5.84. The van der Waals surface area contributed by atoms with Gasteiger partial charge in [0.1, 0.15) is 0 Å². The number of amides is 1. The van der Waals surface area contributed by atoms with E-state index in [1.54, 1.807) is 0 Å². The van der Waals surface area contributed by atoms with Gasteiger partial charge in [-0.1, -0.05) is 0 Å². The van der Waals surface area contributed by atoms with E-state index in [4.69, 9.17) is 4.42 Å². The number of nitrogens with one attached hydrogen (secondary N) is 1. The number of aromatic nitrogens is 2. The molecule has 0 radical (unpaired) electrons. The Morgan fingerprint density at radius 2 is 2.25 bits per heavy atom. The first kappa shape index (κ1) is 13.6. The molecule has 1 saturated heterocycles. The maximum Gasteiger partial charge on any atom is 0.434 e. The van der Waals surface area contributed by atoms with Gasteiger partial charge in [-0.3, -0.25) is 4.79 Å². The molecule has 0 aromatic carbocycles. The molecule has 3 heterocycles. The highest BCUT2D eigenvalue weighted by Gasteiger charge is 2.28. The van der Waals surface area contributed by atoms with Crippen LogP contribution in [0.15, 0.2) is 24.4 Å². The zero-order chi connectivity index (χ0) is 14.1. The van der Waals surface area contributed by atoms with Crippen LogP contribution in [0.4, 0.5) is 0 Å². The average Bonchev–Trinajstić information content (AvgIpc) is 3.07. The molecule has 0 saturated carbocycles. The summed E-state index contributed by atoms with van der Waals surface area (Å²) >= 11 is 4.89. The summed E-state index contributed by atoms with van der Waals surface area (Å²) in [6.07, 6.45) is 1.50. The van der Waals surface area contributed by atoms with Crippen LogP contribution in [0, 0.1) is 0 Å². The fraction of sp³-hybridized carbons (Fsp3) is 0.417. The Labute approximate surface area is 126 Å². The van der Waals surface area contributed by atoms with Crippen LogP contribution >= 0.6 is 27.3 Å². The molecule has 2 aromatic heterocycles. The van der Waals surface area contributed by atoms with Crippen molar-refractivity contribution in [2.24, 2.45) is 0 Å². The Balaban J connectivity index is 1.65. The SMILES string of the molecule is O=C(c1ccsc1Br)N1CCC(c2n[nH]c(=O)o2)CC1. The standard InChI is InChI=1S/C12H12BrN3O3S/c13-9-8(3-6-20-9)11(17)16-4-1-7(2-5-16)10-14-15-12(18)19-10/h3,6-7H,1-2,4-5H2,(H,15,18). The number of nitrogens with zero attached hydrogens (tertiary/aromatic N) is 2. The summed E-state index contributed by atoms with van der Waals surface area (Å²) in [4.78, 5) is 25.1. The van der Waals surface area contributed by atoms with Crippen LogP contribution in [0.25, 0.3) is 0 Å². The number of halogens is 1. The minimum atomic E-state index is -0.527. The molecule has 0 unspecified atom stereocenters. The molecular weight excluding hydrogens is 346 g/mol. The predicted molar refractivity (Wildman–Crippen MR) is 77.0 cm³/mol. The monoisotopic (exact) mass is 357 g/mol. The van der Waals surface area contributed by atoms with E-state index < -0.39 is 5.76 Å². The van der Waals surface area contributed by atoms with Gasteiger partial charge in [-0.05, 0) is 40.2 Å². The molecule has 1 aliphatic heterocycles. The molecule has 1 N–H and O–H groups in total. The lowest BCUT2D eigenvalue weighted by Crippen LogP contribution is -2.38. The number of piperidine rings is 1. The first-order valence-electron chi connectivity index (χ1n) is 6.23. The van der Waals surface area contributed by atoms with Crippen LogP contribution in [0.2, 0.25) is 0 Å². The summed E-state index contributed by atoms with van der Waals surface area (Å²) in [5.41, 5.74) is 0.708. The first-order chi connectivity index (χ1) is 9.65. The quantitative estimate of drug-likeness (QED) is 0.893. The van der Waals surface area contributed by atoms with Gasteiger partial charge < -0.3 is 9.32 Å². The van der Waals surface area contributed by atoms with Gasteiger partial charge in [-0.2, -0.15) is 0 Å². The average molecular weight is 358 g/mol. The number of carbonyl (C=O) groups excluding carboxylic acids is 1. The zero-order valence-corrected chi connectivity index (χ0v) is 12.9. The summed E-state index contributed by atoms with van der Waals surface area (Å²) in [6.45, 7) is 1.28. The molecule has 0 aliphatic carbocycles. The minimum absolute atomic E-state index is 0.0417. The van der Waals surface area contributed by atoms with Crippen molar-refractivity contribution in [2.75, 3.05) is 13.1 Å². The van der Waals surface area contributed by atoms with Gasteiger partial charge >= 0.3 is 5.76 Å². The van der Waals surface area contributed by atoms with Gasteiger partial charge in [0.2, 0.25) is 5.89 Å². The molecule has 1 fully saturated rings. The van der Waals surface area contributed by atoms with Crippen molar-refractivity contribution in [3.8, 4) is 0 Å². The third kappa shape index (κ3) is 2.57. The van der Waals surface area contributed by atoms with Crippen LogP contribution in [0.5, 0.6) is 0 Å². The van der Waals surface area contributed by atoms with Crippen LogP contribution in [0.1, 0.15) is 35.0 Å². The Kier molecular flexibility index (Phi) is 3.75. The molecule has 1 amide bonds. The van der Waals surface area contributed by atoms with E-state index in [1.165, 1.54) is 11.3 Å². The van der Waals surface area contributed by atoms with Gasteiger partial charge in [0, 0.05) is 19.0 Å². The van der Waals surface area contributed by atoms with E-state index >= 15 is 0 Å². The van der Waals surface area contributed by atoms with Gasteiger partial charge in [0.05, 0.1) is 9.35 Å². The maximum absolute atomic E-state index is 12.3. The number of hydrogen-bond donors (Lipinski definition) is 1. The van der Waals surface area contributed by atoms with Crippen molar-refractivity contribution in [2.45, 2.75) is 18.8 Å². The van der Waals surface area contributed by atoms with Crippen LogP contribution < -0.4 is 5.76 Å². The highest BCUT2D eigenvalue weighted by Crippen LogP contribution is 2.29. The third-order valence-corrected chi connectivity index (χ3v) is 5.12. The number of thiophene rings is 1. The normalized spacial score (nSPS) is 16.6. The summed E-state index contributed by atoms with van der Waals surface area (Å²) in [7, 11) is 0. The maximum atomic E-state index is 12.3. The van der Waals surface area contributed by atoms with Crippen molar-refractivity contribution >= 4 is 33.2 Å². The lowest BCUT2D eigenvalue weighted by atomic mass is 9.96. The van der Waals surface area contributed by atoms with Gasteiger partial charge in [-0.15, -0.1) is 16.4 Å². The molecule has 6 nitrogen and oxygen atoms in total. The number of likely N-dealkylation sites (tertiary alicyclic amines) is 1. The lowest BCUT2D eigenvalue weighted by Gasteiger charge is -2.30. The smallest absolute Gasteiger partial charge is 0.392 e. The molecule has 2 aromatic rings. The zero-order valence-electron chi connectivity index (χ0n) is 10.5. The molecule has 3 rings (SSSR count). The molecule has 8 heteroatoms. The van der Waals surface area contributed by atoms with E-state index in [-0.39, 0.29) is 11.8 Å². The number of hydrogen-bond acceptors (Lipinski definition) is 5. The topological polar surface area (TPSA) is 79.2 Å². The van der Waals surface area contributed by atoms with Crippen LogP contribution in [0.3, 0.4) is 0 Å². The van der Waals surface area contributed by atoms with E-state index in [0.717, 1.165) is 16.6 Å². The second-order valence-electron chi connectivity index (χ2n) is 4.63. The Morgan fingerprint density at radius 1 is 1.50 bits per heavy atom. The molecule has 0 spiro atoms. The van der Waals surface area contributed by atoms with Crippen molar-refractivity contribution in [3.63, 3.8) is 0 Å². The lowest BCUT2D eigenvalue weighted by molar-refractivity contribution is 0.0705. The summed E-state index contributed by atoms with van der Waals surface area (Å²) in [5, 5.41) is 8.02. The number of carbonyl (C=O) groups is 1. The molecule has 20 heavy (non-hydrogen) atoms. The summed E-state index contributed by atoms with van der Waals surface area (Å²) in [5.74, 6) is 0.0588. The van der Waals surface area contributed by atoms with E-state index in [9.17, 15) is 9.59 Å². The van der Waals surface area contributed by atoms with E-state index in [0.29, 0.717) is 24.5 Å². The Morgan fingerprint density at radius 3 is 2.80 bits per heavy atom. The molecule has 0 atom stereocenters. The van der Waals surface area contributed by atoms with E-state index in [2.05, 4.69) is 26.1 Å². The van der Waals surface area contributed by atoms with Crippen molar-refractivity contribution in [1.82, 2.24) is 15.1 Å². The van der Waals surface area contributed by atoms with Gasteiger partial charge in [-0.25, -0.2) is 9.89 Å². The fourth-order valence-electron chi connectivity index (χ4n) is 2.36.